The summed E-state index contributed by atoms with van der Waals surface area (Å²) in [6.07, 6.45) is 6.54. The fourth-order valence-electron chi connectivity index (χ4n) is 4.02. The summed E-state index contributed by atoms with van der Waals surface area (Å²) >= 11 is 12.3. The molecule has 25 heavy (non-hydrogen) atoms. The van der Waals surface area contributed by atoms with Gasteiger partial charge in [0, 0.05) is 54.2 Å². The van der Waals surface area contributed by atoms with Gasteiger partial charge in [-0.05, 0) is 24.1 Å². The lowest BCUT2D eigenvalue weighted by molar-refractivity contribution is 0.230. The van der Waals surface area contributed by atoms with E-state index in [0.29, 0.717) is 17.1 Å². The Labute approximate surface area is 155 Å². The number of hydrogen-bond acceptors (Lipinski definition) is 5. The van der Waals surface area contributed by atoms with Crippen molar-refractivity contribution in [2.45, 2.75) is 25.0 Å². The van der Waals surface area contributed by atoms with Gasteiger partial charge in [-0.25, -0.2) is 4.98 Å². The topological polar surface area (TPSA) is 49.6 Å². The number of piperazine rings is 1. The molecule has 2 unspecified atom stereocenters. The van der Waals surface area contributed by atoms with E-state index in [2.05, 4.69) is 25.0 Å². The Balaban J connectivity index is 1.36. The van der Waals surface area contributed by atoms with E-state index < -0.39 is 0 Å². The number of anilines is 1. The summed E-state index contributed by atoms with van der Waals surface area (Å²) in [6.45, 7) is 2.81. The molecule has 2 saturated heterocycles. The van der Waals surface area contributed by atoms with Crippen LogP contribution in [-0.2, 0) is 6.54 Å². The lowest BCUT2D eigenvalue weighted by Crippen LogP contribution is -2.46. The van der Waals surface area contributed by atoms with Crippen molar-refractivity contribution in [2.75, 3.05) is 18.0 Å². The third kappa shape index (κ3) is 2.56. The zero-order chi connectivity index (χ0) is 17.0. The second-order valence-electron chi connectivity index (χ2n) is 6.67. The van der Waals surface area contributed by atoms with Gasteiger partial charge in [0.25, 0.3) is 0 Å². The van der Waals surface area contributed by atoms with Crippen LogP contribution < -0.4 is 4.90 Å². The van der Waals surface area contributed by atoms with Gasteiger partial charge >= 0.3 is 0 Å². The Bertz CT molecular complexity index is 942. The largest absolute Gasteiger partial charge is 0.348 e. The summed E-state index contributed by atoms with van der Waals surface area (Å²) in [6, 6.07) is 6.69. The summed E-state index contributed by atoms with van der Waals surface area (Å²) in [5.41, 5.74) is 1.95. The molecule has 8 heteroatoms. The van der Waals surface area contributed by atoms with Gasteiger partial charge in [0.2, 0.25) is 5.65 Å². The Morgan fingerprint density at radius 1 is 1.16 bits per heavy atom. The molecule has 2 bridgehead atoms. The molecule has 2 aromatic heterocycles. The van der Waals surface area contributed by atoms with Gasteiger partial charge in [-0.3, -0.25) is 9.30 Å². The zero-order valence-corrected chi connectivity index (χ0v) is 14.9. The van der Waals surface area contributed by atoms with Crippen LogP contribution in [-0.4, -0.2) is 49.7 Å². The number of halogens is 2. The minimum absolute atomic E-state index is 0.450. The highest BCUT2D eigenvalue weighted by Gasteiger charge is 2.44. The molecule has 0 aliphatic carbocycles. The molecule has 0 N–H and O–H groups in total. The van der Waals surface area contributed by atoms with E-state index in [1.165, 1.54) is 0 Å². The predicted octanol–water partition coefficient (Wildman–Crippen LogP) is 2.89. The van der Waals surface area contributed by atoms with E-state index in [-0.39, 0.29) is 0 Å². The number of benzene rings is 1. The first kappa shape index (κ1) is 15.4. The Morgan fingerprint density at radius 3 is 2.88 bits per heavy atom. The summed E-state index contributed by atoms with van der Waals surface area (Å²) in [7, 11) is 0. The van der Waals surface area contributed by atoms with Crippen molar-refractivity contribution in [3.05, 3.63) is 52.5 Å². The molecular formula is C17H16Cl2N6. The first-order chi connectivity index (χ1) is 12.2. The molecule has 0 radical (unpaired) electrons. The predicted molar refractivity (Wildman–Crippen MR) is 97.2 cm³/mol. The van der Waals surface area contributed by atoms with Gasteiger partial charge in [0.15, 0.2) is 5.82 Å². The van der Waals surface area contributed by atoms with E-state index in [1.54, 1.807) is 6.33 Å². The molecule has 6 nitrogen and oxygen atoms in total. The van der Waals surface area contributed by atoms with Crippen molar-refractivity contribution in [1.82, 2.24) is 24.5 Å². The van der Waals surface area contributed by atoms with Crippen molar-refractivity contribution < 1.29 is 0 Å². The van der Waals surface area contributed by atoms with E-state index in [0.717, 1.165) is 48.1 Å². The molecule has 3 aromatic rings. The number of aromatic nitrogens is 4. The van der Waals surface area contributed by atoms with Crippen LogP contribution in [0.25, 0.3) is 5.65 Å². The van der Waals surface area contributed by atoms with Crippen LogP contribution in [0.1, 0.15) is 12.0 Å². The summed E-state index contributed by atoms with van der Waals surface area (Å²) in [5, 5.41) is 9.63. The quantitative estimate of drug-likeness (QED) is 0.705. The van der Waals surface area contributed by atoms with Gasteiger partial charge in [0.05, 0.1) is 0 Å². The zero-order valence-electron chi connectivity index (χ0n) is 13.4. The standard InChI is InChI=1S/C17H16Cl2N6/c18-12-2-1-11(15(19)5-12)7-24-8-14-6-13(24)9-25(14)16-17-22-21-10-23(17)4-3-20-16/h1-5,10,13-14H,6-9H2. The summed E-state index contributed by atoms with van der Waals surface area (Å²) < 4.78 is 1.92. The molecule has 4 heterocycles. The molecule has 0 saturated carbocycles. The van der Waals surface area contributed by atoms with Crippen molar-refractivity contribution in [3.63, 3.8) is 0 Å². The van der Waals surface area contributed by atoms with Gasteiger partial charge in [-0.1, -0.05) is 29.3 Å². The molecule has 2 atom stereocenters. The highest BCUT2D eigenvalue weighted by molar-refractivity contribution is 6.35. The Hall–Kier alpha value is -1.89. The van der Waals surface area contributed by atoms with Crippen LogP contribution >= 0.6 is 23.2 Å². The van der Waals surface area contributed by atoms with E-state index >= 15 is 0 Å². The van der Waals surface area contributed by atoms with Crippen LogP contribution in [0.2, 0.25) is 10.0 Å². The minimum atomic E-state index is 0.450. The average molecular weight is 375 g/mol. The molecule has 1 aromatic carbocycles. The van der Waals surface area contributed by atoms with E-state index in [4.69, 9.17) is 23.2 Å². The molecular weight excluding hydrogens is 359 g/mol. The van der Waals surface area contributed by atoms with Crippen LogP contribution in [0.3, 0.4) is 0 Å². The third-order valence-corrected chi connectivity index (χ3v) is 5.80. The normalized spacial score (nSPS) is 23.0. The smallest absolute Gasteiger partial charge is 0.203 e. The number of hydrogen-bond donors (Lipinski definition) is 0. The second-order valence-corrected chi connectivity index (χ2v) is 7.52. The fourth-order valence-corrected chi connectivity index (χ4v) is 4.49. The Morgan fingerprint density at radius 2 is 2.08 bits per heavy atom. The van der Waals surface area contributed by atoms with E-state index in [9.17, 15) is 0 Å². The monoisotopic (exact) mass is 374 g/mol. The highest BCUT2D eigenvalue weighted by atomic mass is 35.5. The van der Waals surface area contributed by atoms with Crippen LogP contribution in [0.15, 0.2) is 36.9 Å². The third-order valence-electron chi connectivity index (χ3n) is 5.21. The number of rotatable bonds is 3. The maximum Gasteiger partial charge on any atom is 0.203 e. The van der Waals surface area contributed by atoms with Crippen LogP contribution in [0.4, 0.5) is 5.82 Å². The van der Waals surface area contributed by atoms with Crippen LogP contribution in [0, 0.1) is 0 Å². The van der Waals surface area contributed by atoms with Crippen molar-refractivity contribution in [1.29, 1.82) is 0 Å². The minimum Gasteiger partial charge on any atom is -0.348 e. The lowest BCUT2D eigenvalue weighted by atomic mass is 10.2. The van der Waals surface area contributed by atoms with Gasteiger partial charge in [-0.2, -0.15) is 0 Å². The van der Waals surface area contributed by atoms with Gasteiger partial charge in [-0.15, -0.1) is 10.2 Å². The maximum absolute atomic E-state index is 6.34. The van der Waals surface area contributed by atoms with E-state index in [1.807, 2.05) is 35.0 Å². The Kier molecular flexibility index (Phi) is 3.58. The number of nitrogens with zero attached hydrogens (tertiary/aromatic N) is 6. The van der Waals surface area contributed by atoms with Gasteiger partial charge in [0.1, 0.15) is 6.33 Å². The number of likely N-dealkylation sites (tertiary alicyclic amines) is 1. The summed E-state index contributed by atoms with van der Waals surface area (Å²) in [4.78, 5) is 9.43. The molecule has 5 rings (SSSR count). The second kappa shape index (κ2) is 5.83. The molecule has 2 fully saturated rings. The first-order valence-electron chi connectivity index (χ1n) is 8.28. The lowest BCUT2D eigenvalue weighted by Gasteiger charge is -2.35. The molecule has 0 spiro atoms. The first-order valence-corrected chi connectivity index (χ1v) is 9.03. The van der Waals surface area contributed by atoms with Crippen molar-refractivity contribution in [2.24, 2.45) is 0 Å². The SMILES string of the molecule is Clc1ccc(CN2CC3CC2CN3c2nccn3cnnc23)c(Cl)c1. The van der Waals surface area contributed by atoms with Crippen molar-refractivity contribution >= 4 is 34.7 Å². The molecule has 2 aliphatic heterocycles. The average Bonchev–Trinajstić information content (AvgIpc) is 3.31. The molecule has 2 aliphatic rings. The molecule has 128 valence electrons. The number of fused-ring (bicyclic) bond motifs is 3. The summed E-state index contributed by atoms with van der Waals surface area (Å²) in [5.74, 6) is 0.927. The van der Waals surface area contributed by atoms with Gasteiger partial charge < -0.3 is 4.90 Å². The maximum atomic E-state index is 6.34. The molecule has 0 amide bonds. The fraction of sp³-hybridized carbons (Fsp3) is 0.353. The van der Waals surface area contributed by atoms with Crippen LogP contribution in [0.5, 0.6) is 0 Å². The van der Waals surface area contributed by atoms with Crippen molar-refractivity contribution in [3.8, 4) is 0 Å². The highest BCUT2D eigenvalue weighted by Crippen LogP contribution is 2.36.